The SMILES string of the molecule is C[C@H](CCCI)[C@H]1CC[C@H]2[C@@H]3CCC4CCCC[C@]4(C)[C@H]3CC[C@]12C. The standard InChI is InChI=1S/C24H41I/c1-17(7-6-16-25)20-11-12-21-19-10-9-18-8-4-5-14-23(18,2)22(19)13-15-24(20,21)3/h17-22H,4-16H2,1-3H3/t17-,18?,19+,20-,21+,22+,23+,24-/m1/s1. The lowest BCUT2D eigenvalue weighted by Crippen LogP contribution is -2.53. The molecule has 4 aliphatic rings. The van der Waals surface area contributed by atoms with E-state index in [2.05, 4.69) is 43.4 Å². The number of hydrogen-bond donors (Lipinski definition) is 0. The molecule has 4 saturated carbocycles. The molecule has 4 fully saturated rings. The van der Waals surface area contributed by atoms with Gasteiger partial charge >= 0.3 is 0 Å². The Hall–Kier alpha value is 0.730. The van der Waals surface area contributed by atoms with Crippen LogP contribution in [0.1, 0.15) is 97.8 Å². The molecule has 4 aliphatic carbocycles. The van der Waals surface area contributed by atoms with Gasteiger partial charge in [0.05, 0.1) is 0 Å². The van der Waals surface area contributed by atoms with Crippen molar-refractivity contribution in [1.82, 2.24) is 0 Å². The van der Waals surface area contributed by atoms with Crippen molar-refractivity contribution >= 4 is 22.6 Å². The predicted molar refractivity (Wildman–Crippen MR) is 117 cm³/mol. The summed E-state index contributed by atoms with van der Waals surface area (Å²) in [5, 5.41) is 0. The van der Waals surface area contributed by atoms with Crippen LogP contribution in [0.15, 0.2) is 0 Å². The minimum atomic E-state index is 0.684. The second kappa shape index (κ2) is 7.28. The maximum atomic E-state index is 2.74. The Labute approximate surface area is 170 Å². The third-order valence-electron chi connectivity index (χ3n) is 10.1. The molecule has 0 amide bonds. The zero-order valence-electron chi connectivity index (χ0n) is 17.0. The second-order valence-corrected chi connectivity index (χ2v) is 12.0. The van der Waals surface area contributed by atoms with Gasteiger partial charge in [-0.15, -0.1) is 0 Å². The highest BCUT2D eigenvalue weighted by Gasteiger charge is 2.59. The highest BCUT2D eigenvalue weighted by molar-refractivity contribution is 14.1. The monoisotopic (exact) mass is 456 g/mol. The maximum absolute atomic E-state index is 2.74. The fourth-order valence-electron chi connectivity index (χ4n) is 8.87. The molecule has 0 aromatic carbocycles. The number of alkyl halides is 1. The summed E-state index contributed by atoms with van der Waals surface area (Å²) in [6.07, 6.45) is 18.5. The lowest BCUT2D eigenvalue weighted by Gasteiger charge is -2.61. The van der Waals surface area contributed by atoms with Crippen LogP contribution in [0.2, 0.25) is 0 Å². The molecule has 0 saturated heterocycles. The summed E-state index contributed by atoms with van der Waals surface area (Å²) in [5.74, 6) is 6.29. The van der Waals surface area contributed by atoms with Crippen LogP contribution >= 0.6 is 22.6 Å². The lowest BCUT2D eigenvalue weighted by molar-refractivity contribution is -0.114. The fraction of sp³-hybridized carbons (Fsp3) is 1.00. The Morgan fingerprint density at radius 3 is 2.48 bits per heavy atom. The van der Waals surface area contributed by atoms with Crippen molar-refractivity contribution in [3.05, 3.63) is 0 Å². The first kappa shape index (κ1) is 19.1. The Bertz CT molecular complexity index is 473. The molecule has 0 bridgehead atoms. The average molecular weight is 456 g/mol. The van der Waals surface area contributed by atoms with Gasteiger partial charge in [0, 0.05) is 0 Å². The van der Waals surface area contributed by atoms with Gasteiger partial charge in [0.25, 0.3) is 0 Å². The first-order valence-corrected chi connectivity index (χ1v) is 13.1. The van der Waals surface area contributed by atoms with Crippen LogP contribution in [0.3, 0.4) is 0 Å². The molecule has 0 aromatic heterocycles. The predicted octanol–water partition coefficient (Wildman–Crippen LogP) is 7.89. The van der Waals surface area contributed by atoms with Crippen molar-refractivity contribution in [2.45, 2.75) is 97.8 Å². The van der Waals surface area contributed by atoms with E-state index >= 15 is 0 Å². The van der Waals surface area contributed by atoms with Gasteiger partial charge in [-0.25, -0.2) is 0 Å². The molecular formula is C24H41I. The van der Waals surface area contributed by atoms with Crippen LogP contribution in [0.4, 0.5) is 0 Å². The van der Waals surface area contributed by atoms with Crippen LogP contribution < -0.4 is 0 Å². The molecule has 0 radical (unpaired) electrons. The molecule has 0 N–H and O–H groups in total. The summed E-state index contributed by atoms with van der Waals surface area (Å²) in [6.45, 7) is 8.06. The molecule has 8 atom stereocenters. The molecule has 0 nitrogen and oxygen atoms in total. The lowest BCUT2D eigenvalue weighted by atomic mass is 9.44. The summed E-state index contributed by atoms with van der Waals surface area (Å²) in [7, 11) is 0. The first-order chi connectivity index (χ1) is 12.0. The summed E-state index contributed by atoms with van der Waals surface area (Å²) in [5.41, 5.74) is 1.40. The molecular weight excluding hydrogens is 415 g/mol. The summed E-state index contributed by atoms with van der Waals surface area (Å²) >= 11 is 2.57. The Morgan fingerprint density at radius 2 is 1.68 bits per heavy atom. The number of hydrogen-bond acceptors (Lipinski definition) is 0. The Morgan fingerprint density at radius 1 is 0.880 bits per heavy atom. The largest absolute Gasteiger partial charge is 0.0864 e. The van der Waals surface area contributed by atoms with E-state index in [0.717, 1.165) is 35.5 Å². The second-order valence-electron chi connectivity index (χ2n) is 10.9. The zero-order valence-corrected chi connectivity index (χ0v) is 19.2. The molecule has 0 heterocycles. The molecule has 4 rings (SSSR count). The van der Waals surface area contributed by atoms with E-state index in [-0.39, 0.29) is 0 Å². The highest BCUT2D eigenvalue weighted by Crippen LogP contribution is 2.68. The van der Waals surface area contributed by atoms with E-state index < -0.39 is 0 Å². The quantitative estimate of drug-likeness (QED) is 0.298. The maximum Gasteiger partial charge on any atom is -0.000463 e. The third kappa shape index (κ3) is 3.05. The summed E-state index contributed by atoms with van der Waals surface area (Å²) in [4.78, 5) is 0. The van der Waals surface area contributed by atoms with Crippen molar-refractivity contribution in [1.29, 1.82) is 0 Å². The van der Waals surface area contributed by atoms with Gasteiger partial charge in [-0.05, 0) is 115 Å². The third-order valence-corrected chi connectivity index (χ3v) is 10.9. The summed E-state index contributed by atoms with van der Waals surface area (Å²) < 4.78 is 1.35. The molecule has 144 valence electrons. The summed E-state index contributed by atoms with van der Waals surface area (Å²) in [6, 6.07) is 0. The van der Waals surface area contributed by atoms with Crippen molar-refractivity contribution in [2.24, 2.45) is 46.3 Å². The fourth-order valence-corrected chi connectivity index (χ4v) is 9.31. The van der Waals surface area contributed by atoms with Crippen molar-refractivity contribution < 1.29 is 0 Å². The van der Waals surface area contributed by atoms with Crippen molar-refractivity contribution in [2.75, 3.05) is 4.43 Å². The van der Waals surface area contributed by atoms with Gasteiger partial charge in [0.2, 0.25) is 0 Å². The average Bonchev–Trinajstić information content (AvgIpc) is 2.96. The van der Waals surface area contributed by atoms with E-state index in [4.69, 9.17) is 0 Å². The Balaban J connectivity index is 1.53. The minimum Gasteiger partial charge on any atom is -0.0864 e. The number of fused-ring (bicyclic) bond motifs is 5. The van der Waals surface area contributed by atoms with Crippen LogP contribution in [0, 0.1) is 46.3 Å². The van der Waals surface area contributed by atoms with Gasteiger partial charge in [-0.1, -0.05) is 56.2 Å². The van der Waals surface area contributed by atoms with Crippen molar-refractivity contribution in [3.8, 4) is 0 Å². The van der Waals surface area contributed by atoms with E-state index in [9.17, 15) is 0 Å². The van der Waals surface area contributed by atoms with E-state index in [1.54, 1.807) is 51.4 Å². The topological polar surface area (TPSA) is 0 Å². The van der Waals surface area contributed by atoms with Gasteiger partial charge in [0.1, 0.15) is 0 Å². The zero-order chi connectivity index (χ0) is 17.7. The molecule has 0 spiro atoms. The van der Waals surface area contributed by atoms with Crippen LogP contribution in [-0.4, -0.2) is 4.43 Å². The van der Waals surface area contributed by atoms with E-state index in [1.807, 2.05) is 0 Å². The molecule has 1 unspecified atom stereocenters. The molecule has 0 aliphatic heterocycles. The molecule has 0 aromatic rings. The first-order valence-electron chi connectivity index (χ1n) is 11.6. The van der Waals surface area contributed by atoms with Gasteiger partial charge in [0.15, 0.2) is 0 Å². The number of rotatable bonds is 4. The van der Waals surface area contributed by atoms with Gasteiger partial charge in [-0.3, -0.25) is 0 Å². The van der Waals surface area contributed by atoms with E-state index in [0.29, 0.717) is 10.8 Å². The van der Waals surface area contributed by atoms with Crippen LogP contribution in [-0.2, 0) is 0 Å². The smallest absolute Gasteiger partial charge is 0.000463 e. The number of halogens is 1. The van der Waals surface area contributed by atoms with Gasteiger partial charge < -0.3 is 0 Å². The van der Waals surface area contributed by atoms with Crippen LogP contribution in [0.5, 0.6) is 0 Å². The normalized spacial score (nSPS) is 50.6. The molecule has 25 heavy (non-hydrogen) atoms. The highest BCUT2D eigenvalue weighted by atomic mass is 127. The van der Waals surface area contributed by atoms with Crippen molar-refractivity contribution in [3.63, 3.8) is 0 Å². The minimum absolute atomic E-state index is 0.684. The van der Waals surface area contributed by atoms with Crippen LogP contribution in [0.25, 0.3) is 0 Å². The molecule has 1 heteroatoms. The van der Waals surface area contributed by atoms with E-state index in [1.165, 1.54) is 30.1 Å². The Kier molecular flexibility index (Phi) is 5.55. The van der Waals surface area contributed by atoms with Gasteiger partial charge in [-0.2, -0.15) is 0 Å².